The van der Waals surface area contributed by atoms with Gasteiger partial charge in [0.25, 0.3) is 5.56 Å². The molecule has 0 bridgehead atoms. The van der Waals surface area contributed by atoms with Crippen molar-refractivity contribution in [3.63, 3.8) is 0 Å². The van der Waals surface area contributed by atoms with E-state index in [0.29, 0.717) is 11.0 Å². The average molecular weight is 301 g/mol. The molecule has 0 aliphatic carbocycles. The van der Waals surface area contributed by atoms with Crippen LogP contribution >= 0.6 is 0 Å². The van der Waals surface area contributed by atoms with Crippen LogP contribution in [0.3, 0.4) is 0 Å². The molecule has 4 nitrogen and oxygen atoms in total. The molecule has 0 radical (unpaired) electrons. The Morgan fingerprint density at radius 1 is 0.913 bits per heavy atom. The van der Waals surface area contributed by atoms with E-state index in [1.54, 1.807) is 6.20 Å². The molecule has 2 aromatic carbocycles. The minimum Gasteiger partial charge on any atom is -0.356 e. The second kappa shape index (κ2) is 5.25. The first-order valence-corrected chi connectivity index (χ1v) is 7.45. The smallest absolute Gasteiger partial charge is 0.257 e. The first kappa shape index (κ1) is 13.5. The molecule has 4 aromatic rings. The topological polar surface area (TPSA) is 57.8 Å². The van der Waals surface area contributed by atoms with Gasteiger partial charge in [0, 0.05) is 33.7 Å². The summed E-state index contributed by atoms with van der Waals surface area (Å²) in [5.74, 6) is 0. The van der Waals surface area contributed by atoms with Crippen molar-refractivity contribution in [3.05, 3.63) is 76.7 Å². The third kappa shape index (κ3) is 2.44. The van der Waals surface area contributed by atoms with Gasteiger partial charge in [0.05, 0.1) is 0 Å². The lowest BCUT2D eigenvalue weighted by atomic mass is 10.1. The van der Waals surface area contributed by atoms with Crippen LogP contribution in [0.1, 0.15) is 5.56 Å². The van der Waals surface area contributed by atoms with Crippen LogP contribution in [0.15, 0.2) is 65.6 Å². The summed E-state index contributed by atoms with van der Waals surface area (Å²) >= 11 is 0. The molecule has 0 saturated heterocycles. The van der Waals surface area contributed by atoms with Crippen LogP contribution in [-0.4, -0.2) is 9.97 Å². The van der Waals surface area contributed by atoms with Gasteiger partial charge >= 0.3 is 0 Å². The van der Waals surface area contributed by atoms with Crippen LogP contribution in [-0.2, 0) is 0 Å². The zero-order valence-electron chi connectivity index (χ0n) is 12.6. The molecule has 2 aromatic heterocycles. The first-order chi connectivity index (χ1) is 11.2. The van der Waals surface area contributed by atoms with Gasteiger partial charge in [-0.15, -0.1) is 0 Å². The molecule has 0 unspecified atom stereocenters. The van der Waals surface area contributed by atoms with Gasteiger partial charge in [-0.25, -0.2) is 4.98 Å². The monoisotopic (exact) mass is 301 g/mol. The summed E-state index contributed by atoms with van der Waals surface area (Å²) in [6.45, 7) is 2.06. The van der Waals surface area contributed by atoms with E-state index in [2.05, 4.69) is 34.3 Å². The highest BCUT2D eigenvalue weighted by Gasteiger charge is 2.06. The summed E-state index contributed by atoms with van der Waals surface area (Å²) in [4.78, 5) is 19.3. The number of anilines is 2. The number of pyridine rings is 2. The Hall–Kier alpha value is -3.14. The summed E-state index contributed by atoms with van der Waals surface area (Å²) in [5.41, 5.74) is 3.66. The van der Waals surface area contributed by atoms with E-state index in [4.69, 9.17) is 0 Å². The Balaban J connectivity index is 1.90. The van der Waals surface area contributed by atoms with Crippen LogP contribution in [0.4, 0.5) is 11.4 Å². The molecular formula is C19H15N3O. The van der Waals surface area contributed by atoms with Gasteiger partial charge in [-0.1, -0.05) is 12.1 Å². The van der Waals surface area contributed by atoms with Crippen LogP contribution in [0, 0.1) is 6.92 Å². The zero-order valence-corrected chi connectivity index (χ0v) is 12.6. The van der Waals surface area contributed by atoms with Crippen LogP contribution in [0.2, 0.25) is 0 Å². The van der Waals surface area contributed by atoms with Crippen LogP contribution in [0.5, 0.6) is 0 Å². The molecule has 2 N–H and O–H groups in total. The SMILES string of the molecule is Cc1cccc(Nc2ccc3c(=O)[nH]c4ncccc4c3c2)c1. The third-order valence-electron chi connectivity index (χ3n) is 3.90. The van der Waals surface area contributed by atoms with E-state index < -0.39 is 0 Å². The Morgan fingerprint density at radius 3 is 2.65 bits per heavy atom. The number of hydrogen-bond acceptors (Lipinski definition) is 3. The van der Waals surface area contributed by atoms with Gasteiger partial charge in [0.15, 0.2) is 0 Å². The van der Waals surface area contributed by atoms with E-state index in [1.165, 1.54) is 5.56 Å². The Kier molecular flexibility index (Phi) is 3.08. The predicted octanol–water partition coefficient (Wildman–Crippen LogP) is 4.13. The summed E-state index contributed by atoms with van der Waals surface area (Å²) in [6.07, 6.45) is 1.68. The normalized spacial score (nSPS) is 11.0. The fraction of sp³-hybridized carbons (Fsp3) is 0.0526. The largest absolute Gasteiger partial charge is 0.356 e. The Bertz CT molecular complexity index is 1080. The molecule has 0 aliphatic heterocycles. The van der Waals surface area contributed by atoms with Crippen molar-refractivity contribution < 1.29 is 0 Å². The van der Waals surface area contributed by atoms with E-state index in [0.717, 1.165) is 22.1 Å². The number of fused-ring (bicyclic) bond motifs is 3. The summed E-state index contributed by atoms with van der Waals surface area (Å²) in [7, 11) is 0. The summed E-state index contributed by atoms with van der Waals surface area (Å²) in [5, 5.41) is 5.89. The molecule has 0 spiro atoms. The molecule has 0 atom stereocenters. The minimum atomic E-state index is -0.117. The van der Waals surface area contributed by atoms with Gasteiger partial charge in [-0.05, 0) is 55.0 Å². The van der Waals surface area contributed by atoms with Crippen molar-refractivity contribution >= 4 is 33.2 Å². The number of aromatic amines is 1. The lowest BCUT2D eigenvalue weighted by Crippen LogP contribution is -2.07. The molecular weight excluding hydrogens is 286 g/mol. The van der Waals surface area contributed by atoms with E-state index in [1.807, 2.05) is 42.5 Å². The predicted molar refractivity (Wildman–Crippen MR) is 94.3 cm³/mol. The maximum Gasteiger partial charge on any atom is 0.257 e. The van der Waals surface area contributed by atoms with Crippen LogP contribution < -0.4 is 10.9 Å². The molecule has 0 fully saturated rings. The van der Waals surface area contributed by atoms with E-state index in [-0.39, 0.29) is 5.56 Å². The molecule has 0 aliphatic rings. The maximum absolute atomic E-state index is 12.2. The maximum atomic E-state index is 12.2. The van der Waals surface area contributed by atoms with Gasteiger partial charge in [-0.2, -0.15) is 0 Å². The van der Waals surface area contributed by atoms with Crippen molar-refractivity contribution in [2.45, 2.75) is 6.92 Å². The third-order valence-corrected chi connectivity index (χ3v) is 3.90. The van der Waals surface area contributed by atoms with E-state index in [9.17, 15) is 4.79 Å². The lowest BCUT2D eigenvalue weighted by Gasteiger charge is -2.09. The highest BCUT2D eigenvalue weighted by atomic mass is 16.1. The number of nitrogens with one attached hydrogen (secondary N) is 2. The molecule has 2 heterocycles. The summed E-state index contributed by atoms with van der Waals surface area (Å²) in [6, 6.07) is 17.8. The number of H-pyrrole nitrogens is 1. The van der Waals surface area contributed by atoms with E-state index >= 15 is 0 Å². The molecule has 112 valence electrons. The highest BCUT2D eigenvalue weighted by Crippen LogP contribution is 2.25. The Labute approximate surface area is 132 Å². The van der Waals surface area contributed by atoms with Gasteiger partial charge < -0.3 is 10.3 Å². The van der Waals surface area contributed by atoms with Crippen molar-refractivity contribution in [2.24, 2.45) is 0 Å². The second-order valence-electron chi connectivity index (χ2n) is 5.61. The quantitative estimate of drug-likeness (QED) is 0.547. The molecule has 0 saturated carbocycles. The van der Waals surface area contributed by atoms with Gasteiger partial charge in [0.1, 0.15) is 5.65 Å². The first-order valence-electron chi connectivity index (χ1n) is 7.45. The van der Waals surface area contributed by atoms with Gasteiger partial charge in [0.2, 0.25) is 0 Å². The standard InChI is InChI=1S/C19H15N3O/c1-12-4-2-5-13(10-12)21-14-7-8-16-17(11-14)15-6-3-9-20-18(15)22-19(16)23/h2-11,21H,1H3,(H,20,22,23). The summed E-state index contributed by atoms with van der Waals surface area (Å²) < 4.78 is 0. The number of rotatable bonds is 2. The number of hydrogen-bond donors (Lipinski definition) is 2. The number of aromatic nitrogens is 2. The molecule has 4 rings (SSSR count). The highest BCUT2D eigenvalue weighted by molar-refractivity contribution is 6.05. The fourth-order valence-electron chi connectivity index (χ4n) is 2.83. The van der Waals surface area contributed by atoms with Crippen molar-refractivity contribution in [1.29, 1.82) is 0 Å². The number of aryl methyl sites for hydroxylation is 1. The fourth-order valence-corrected chi connectivity index (χ4v) is 2.83. The Morgan fingerprint density at radius 2 is 1.78 bits per heavy atom. The van der Waals surface area contributed by atoms with Crippen molar-refractivity contribution in [2.75, 3.05) is 5.32 Å². The second-order valence-corrected chi connectivity index (χ2v) is 5.61. The minimum absolute atomic E-state index is 0.117. The number of benzene rings is 2. The van der Waals surface area contributed by atoms with Crippen molar-refractivity contribution in [3.8, 4) is 0 Å². The molecule has 4 heteroatoms. The number of nitrogens with zero attached hydrogens (tertiary/aromatic N) is 1. The molecule has 0 amide bonds. The molecule has 23 heavy (non-hydrogen) atoms. The van der Waals surface area contributed by atoms with Crippen molar-refractivity contribution in [1.82, 2.24) is 9.97 Å². The van der Waals surface area contributed by atoms with Gasteiger partial charge in [-0.3, -0.25) is 4.79 Å². The van der Waals surface area contributed by atoms with Crippen LogP contribution in [0.25, 0.3) is 21.8 Å². The average Bonchev–Trinajstić information content (AvgIpc) is 2.55. The zero-order chi connectivity index (χ0) is 15.8. The lowest BCUT2D eigenvalue weighted by molar-refractivity contribution is 1.25.